The second kappa shape index (κ2) is 7.54. The summed E-state index contributed by atoms with van der Waals surface area (Å²) in [5.41, 5.74) is 0.172. The van der Waals surface area contributed by atoms with Crippen molar-refractivity contribution in [3.05, 3.63) is 64.9 Å². The summed E-state index contributed by atoms with van der Waals surface area (Å²) in [6.07, 6.45) is 0. The van der Waals surface area contributed by atoms with Crippen LogP contribution in [0.3, 0.4) is 0 Å². The van der Waals surface area contributed by atoms with Crippen molar-refractivity contribution in [2.24, 2.45) is 0 Å². The first kappa shape index (κ1) is 17.4. The third kappa shape index (κ3) is 5.02. The van der Waals surface area contributed by atoms with Crippen LogP contribution in [-0.2, 0) is 10.0 Å². The van der Waals surface area contributed by atoms with E-state index in [2.05, 4.69) is 10.0 Å². The number of carbonyl (C=O) groups excluding carboxylic acids is 1. The minimum absolute atomic E-state index is 0.00597. The van der Waals surface area contributed by atoms with Crippen molar-refractivity contribution in [1.29, 1.82) is 0 Å². The van der Waals surface area contributed by atoms with Crippen LogP contribution < -0.4 is 10.0 Å². The molecule has 0 spiro atoms. The quantitative estimate of drug-likeness (QED) is 0.779. The largest absolute Gasteiger partial charge is 0.351 e. The molecule has 0 unspecified atom stereocenters. The van der Waals surface area contributed by atoms with E-state index >= 15 is 0 Å². The molecule has 2 aromatic rings. The molecule has 0 heterocycles. The van der Waals surface area contributed by atoms with Gasteiger partial charge in [-0.2, -0.15) is 0 Å². The van der Waals surface area contributed by atoms with E-state index < -0.39 is 21.7 Å². The zero-order chi connectivity index (χ0) is 16.9. The van der Waals surface area contributed by atoms with Crippen LogP contribution in [0.4, 0.5) is 4.39 Å². The van der Waals surface area contributed by atoms with Crippen LogP contribution in [0.5, 0.6) is 0 Å². The monoisotopic (exact) mass is 356 g/mol. The van der Waals surface area contributed by atoms with Gasteiger partial charge in [0.05, 0.1) is 4.90 Å². The molecule has 2 aromatic carbocycles. The number of carbonyl (C=O) groups is 1. The minimum Gasteiger partial charge on any atom is -0.351 e. The first-order valence-electron chi connectivity index (χ1n) is 6.67. The lowest BCUT2D eigenvalue weighted by molar-refractivity contribution is 0.0954. The van der Waals surface area contributed by atoms with E-state index in [0.29, 0.717) is 5.02 Å². The number of rotatable bonds is 6. The summed E-state index contributed by atoms with van der Waals surface area (Å²) in [7, 11) is -3.67. The Balaban J connectivity index is 1.85. The Morgan fingerprint density at radius 1 is 1.09 bits per heavy atom. The molecule has 0 aromatic heterocycles. The fourth-order valence-corrected chi connectivity index (χ4v) is 2.95. The molecule has 8 heteroatoms. The van der Waals surface area contributed by atoms with Crippen LogP contribution in [0.15, 0.2) is 53.4 Å². The zero-order valence-electron chi connectivity index (χ0n) is 11.9. The molecule has 0 bridgehead atoms. The van der Waals surface area contributed by atoms with Gasteiger partial charge in [-0.3, -0.25) is 4.79 Å². The molecule has 1 amide bonds. The van der Waals surface area contributed by atoms with E-state index in [1.165, 1.54) is 42.5 Å². The molecule has 0 saturated carbocycles. The number of hydrogen-bond donors (Lipinski definition) is 2. The molecule has 23 heavy (non-hydrogen) atoms. The van der Waals surface area contributed by atoms with Crippen molar-refractivity contribution >= 4 is 27.5 Å². The smallest absolute Gasteiger partial charge is 0.251 e. The highest BCUT2D eigenvalue weighted by atomic mass is 35.5. The number of halogens is 2. The van der Waals surface area contributed by atoms with Crippen LogP contribution in [-0.4, -0.2) is 27.4 Å². The van der Waals surface area contributed by atoms with Crippen molar-refractivity contribution in [2.45, 2.75) is 4.90 Å². The highest BCUT2D eigenvalue weighted by Crippen LogP contribution is 2.13. The van der Waals surface area contributed by atoms with Crippen molar-refractivity contribution in [3.8, 4) is 0 Å². The molecular weight excluding hydrogens is 343 g/mol. The normalized spacial score (nSPS) is 11.2. The first-order chi connectivity index (χ1) is 10.9. The molecule has 0 aliphatic rings. The maximum absolute atomic E-state index is 13.0. The van der Waals surface area contributed by atoms with E-state index in [1.807, 2.05) is 0 Å². The maximum atomic E-state index is 13.0. The zero-order valence-corrected chi connectivity index (χ0v) is 13.5. The number of amides is 1. The summed E-state index contributed by atoms with van der Waals surface area (Å²) in [5.74, 6) is -0.990. The fourth-order valence-electron chi connectivity index (χ4n) is 1.79. The van der Waals surface area contributed by atoms with Crippen LogP contribution >= 0.6 is 11.6 Å². The van der Waals surface area contributed by atoms with E-state index in [1.54, 1.807) is 0 Å². The molecule has 0 fully saturated rings. The Bertz CT molecular complexity index is 795. The van der Waals surface area contributed by atoms with E-state index in [9.17, 15) is 17.6 Å². The lowest BCUT2D eigenvalue weighted by Gasteiger charge is -2.08. The minimum atomic E-state index is -3.67. The molecule has 0 aliphatic carbocycles. The van der Waals surface area contributed by atoms with Crippen LogP contribution in [0.2, 0.25) is 5.02 Å². The summed E-state index contributed by atoms with van der Waals surface area (Å²) in [4.78, 5) is 11.8. The van der Waals surface area contributed by atoms with Crippen molar-refractivity contribution < 1.29 is 17.6 Å². The summed E-state index contributed by atoms with van der Waals surface area (Å²) >= 11 is 5.70. The van der Waals surface area contributed by atoms with Crippen molar-refractivity contribution in [1.82, 2.24) is 10.0 Å². The van der Waals surface area contributed by atoms with Crippen LogP contribution in [0, 0.1) is 5.82 Å². The number of sulfonamides is 1. The van der Waals surface area contributed by atoms with Gasteiger partial charge < -0.3 is 5.32 Å². The Kier molecular flexibility index (Phi) is 5.70. The Morgan fingerprint density at radius 2 is 1.78 bits per heavy atom. The molecule has 0 atom stereocenters. The third-order valence-corrected chi connectivity index (χ3v) is 4.64. The fraction of sp³-hybridized carbons (Fsp3) is 0.133. The summed E-state index contributed by atoms with van der Waals surface area (Å²) in [6, 6.07) is 10.9. The van der Waals surface area contributed by atoms with Gasteiger partial charge in [0.2, 0.25) is 10.0 Å². The van der Waals surface area contributed by atoms with Gasteiger partial charge in [-0.15, -0.1) is 0 Å². The molecule has 5 nitrogen and oxygen atoms in total. The topological polar surface area (TPSA) is 75.3 Å². The van der Waals surface area contributed by atoms with E-state index in [0.717, 1.165) is 6.07 Å². The van der Waals surface area contributed by atoms with Gasteiger partial charge in [0, 0.05) is 23.7 Å². The Morgan fingerprint density at radius 3 is 2.43 bits per heavy atom. The third-order valence-electron chi connectivity index (χ3n) is 2.91. The SMILES string of the molecule is O=C(NCCNS(=O)(=O)c1ccc(Cl)cc1)c1cccc(F)c1. The van der Waals surface area contributed by atoms with E-state index in [-0.39, 0.29) is 23.5 Å². The van der Waals surface area contributed by atoms with Gasteiger partial charge in [-0.05, 0) is 42.5 Å². The molecule has 0 radical (unpaired) electrons. The Hall–Kier alpha value is -1.96. The van der Waals surface area contributed by atoms with Gasteiger partial charge in [-0.1, -0.05) is 17.7 Å². The molecule has 2 rings (SSSR count). The average molecular weight is 357 g/mol. The highest BCUT2D eigenvalue weighted by Gasteiger charge is 2.13. The number of nitrogens with one attached hydrogen (secondary N) is 2. The van der Waals surface area contributed by atoms with Gasteiger partial charge in [0.15, 0.2) is 0 Å². The maximum Gasteiger partial charge on any atom is 0.251 e. The molecule has 122 valence electrons. The van der Waals surface area contributed by atoms with Gasteiger partial charge in [0.25, 0.3) is 5.91 Å². The molecule has 0 aliphatic heterocycles. The lowest BCUT2D eigenvalue weighted by atomic mass is 10.2. The number of hydrogen-bond acceptors (Lipinski definition) is 3. The molecule has 0 saturated heterocycles. The second-order valence-corrected chi connectivity index (χ2v) is 6.82. The van der Waals surface area contributed by atoms with Crippen LogP contribution in [0.25, 0.3) is 0 Å². The van der Waals surface area contributed by atoms with Gasteiger partial charge in [-0.25, -0.2) is 17.5 Å². The van der Waals surface area contributed by atoms with Crippen LogP contribution in [0.1, 0.15) is 10.4 Å². The number of benzene rings is 2. The summed E-state index contributed by atoms with van der Waals surface area (Å²) in [6.45, 7) is 0.0776. The van der Waals surface area contributed by atoms with Crippen molar-refractivity contribution in [3.63, 3.8) is 0 Å². The summed E-state index contributed by atoms with van der Waals surface area (Å²) in [5, 5.41) is 2.94. The molecular formula is C15H14ClFN2O3S. The average Bonchev–Trinajstić information content (AvgIpc) is 2.52. The lowest BCUT2D eigenvalue weighted by Crippen LogP contribution is -2.34. The highest BCUT2D eigenvalue weighted by molar-refractivity contribution is 7.89. The summed E-state index contributed by atoms with van der Waals surface area (Å²) < 4.78 is 39.3. The predicted octanol–water partition coefficient (Wildman–Crippen LogP) is 2.19. The Labute approximate surface area is 138 Å². The van der Waals surface area contributed by atoms with Crippen molar-refractivity contribution in [2.75, 3.05) is 13.1 Å². The van der Waals surface area contributed by atoms with E-state index in [4.69, 9.17) is 11.6 Å². The second-order valence-electron chi connectivity index (χ2n) is 4.62. The molecule has 2 N–H and O–H groups in total. The predicted molar refractivity (Wildman–Crippen MR) is 85.4 cm³/mol. The van der Waals surface area contributed by atoms with Gasteiger partial charge in [0.1, 0.15) is 5.82 Å². The standard InChI is InChI=1S/C15H14ClFN2O3S/c16-12-4-6-14(7-5-12)23(21,22)19-9-8-18-15(20)11-2-1-3-13(17)10-11/h1-7,10,19H,8-9H2,(H,18,20). The first-order valence-corrected chi connectivity index (χ1v) is 8.53. The van der Waals surface area contributed by atoms with Gasteiger partial charge >= 0.3 is 0 Å².